The topological polar surface area (TPSA) is 56.8 Å². The Morgan fingerprint density at radius 2 is 1.55 bits per heavy atom. The minimum atomic E-state index is -0.160. The summed E-state index contributed by atoms with van der Waals surface area (Å²) in [5, 5.41) is 2.86. The highest BCUT2D eigenvalue weighted by Gasteiger charge is 2.09. The maximum atomic E-state index is 12.1. The highest BCUT2D eigenvalue weighted by atomic mass is 16.5. The number of carbonyl (C=O) groups is 1. The van der Waals surface area contributed by atoms with Crippen LogP contribution in [0.5, 0.6) is 17.2 Å². The van der Waals surface area contributed by atoms with Gasteiger partial charge in [-0.3, -0.25) is 4.79 Å². The number of hydrogen-bond donors (Lipinski definition) is 1. The molecule has 1 N–H and O–H groups in total. The van der Waals surface area contributed by atoms with Gasteiger partial charge in [-0.15, -0.1) is 0 Å². The summed E-state index contributed by atoms with van der Waals surface area (Å²) in [5.41, 5.74) is 1.42. The molecule has 0 saturated heterocycles. The van der Waals surface area contributed by atoms with Gasteiger partial charge in [0.15, 0.2) is 0 Å². The molecule has 0 radical (unpaired) electrons. The van der Waals surface area contributed by atoms with Gasteiger partial charge in [0.1, 0.15) is 17.2 Å². The van der Waals surface area contributed by atoms with Crippen molar-refractivity contribution in [1.82, 2.24) is 5.32 Å². The second kappa shape index (κ2) is 7.36. The first-order valence-electron chi connectivity index (χ1n) is 6.81. The van der Waals surface area contributed by atoms with Crippen LogP contribution in [0.1, 0.15) is 15.9 Å². The fourth-order valence-corrected chi connectivity index (χ4v) is 2.04. The molecule has 2 aromatic carbocycles. The molecule has 0 atom stereocenters. The van der Waals surface area contributed by atoms with Crippen molar-refractivity contribution in [3.63, 3.8) is 0 Å². The Morgan fingerprint density at radius 1 is 0.909 bits per heavy atom. The van der Waals surface area contributed by atoms with Gasteiger partial charge in [0, 0.05) is 17.7 Å². The van der Waals surface area contributed by atoms with Gasteiger partial charge in [-0.2, -0.15) is 0 Å². The molecule has 0 saturated carbocycles. The van der Waals surface area contributed by atoms with Crippen LogP contribution in [0.4, 0.5) is 0 Å². The van der Waals surface area contributed by atoms with Crippen LogP contribution in [-0.4, -0.2) is 27.2 Å². The van der Waals surface area contributed by atoms with Gasteiger partial charge in [-0.05, 0) is 42.5 Å². The van der Waals surface area contributed by atoms with Gasteiger partial charge in [-0.25, -0.2) is 0 Å². The summed E-state index contributed by atoms with van der Waals surface area (Å²) in [7, 11) is 4.78. The smallest absolute Gasteiger partial charge is 0.251 e. The minimum absolute atomic E-state index is 0.160. The lowest BCUT2D eigenvalue weighted by Gasteiger charge is -2.11. The quantitative estimate of drug-likeness (QED) is 0.891. The standard InChI is InChI=1S/C17H19NO4/c1-20-14-6-4-12(5-7-14)17(19)18-11-13-10-15(21-2)8-9-16(13)22-3/h4-10H,11H2,1-3H3,(H,18,19). The summed E-state index contributed by atoms with van der Waals surface area (Å²) in [4.78, 5) is 12.1. The number of nitrogens with one attached hydrogen (secondary N) is 1. The Hall–Kier alpha value is -2.69. The highest BCUT2D eigenvalue weighted by molar-refractivity contribution is 5.94. The fraction of sp³-hybridized carbons (Fsp3) is 0.235. The van der Waals surface area contributed by atoms with Crippen molar-refractivity contribution in [2.45, 2.75) is 6.54 Å². The number of rotatable bonds is 6. The number of carbonyl (C=O) groups excluding carboxylic acids is 1. The van der Waals surface area contributed by atoms with Gasteiger partial charge in [0.2, 0.25) is 0 Å². The van der Waals surface area contributed by atoms with E-state index >= 15 is 0 Å². The number of benzene rings is 2. The van der Waals surface area contributed by atoms with E-state index in [9.17, 15) is 4.79 Å². The van der Waals surface area contributed by atoms with E-state index in [0.717, 1.165) is 11.3 Å². The lowest BCUT2D eigenvalue weighted by atomic mass is 10.1. The van der Waals surface area contributed by atoms with Crippen molar-refractivity contribution >= 4 is 5.91 Å². The molecule has 1 amide bonds. The third-order valence-corrected chi connectivity index (χ3v) is 3.28. The Kier molecular flexibility index (Phi) is 5.25. The zero-order valence-electron chi connectivity index (χ0n) is 12.9. The molecule has 0 heterocycles. The fourth-order valence-electron chi connectivity index (χ4n) is 2.04. The molecule has 0 aliphatic carbocycles. The first-order chi connectivity index (χ1) is 10.7. The van der Waals surface area contributed by atoms with E-state index in [4.69, 9.17) is 14.2 Å². The Balaban J connectivity index is 2.06. The number of ether oxygens (including phenoxy) is 3. The average molecular weight is 301 g/mol. The molecule has 0 aliphatic rings. The summed E-state index contributed by atoms with van der Waals surface area (Å²) >= 11 is 0. The second-order valence-electron chi connectivity index (χ2n) is 4.59. The summed E-state index contributed by atoms with van der Waals surface area (Å²) in [5.74, 6) is 1.98. The summed E-state index contributed by atoms with van der Waals surface area (Å²) < 4.78 is 15.6. The predicted octanol–water partition coefficient (Wildman–Crippen LogP) is 2.64. The van der Waals surface area contributed by atoms with Gasteiger partial charge in [0.05, 0.1) is 21.3 Å². The summed E-state index contributed by atoms with van der Waals surface area (Å²) in [6.45, 7) is 0.352. The van der Waals surface area contributed by atoms with Crippen LogP contribution >= 0.6 is 0 Å². The molecule has 116 valence electrons. The summed E-state index contributed by atoms with van der Waals surface area (Å²) in [6.07, 6.45) is 0. The molecular formula is C17H19NO4. The minimum Gasteiger partial charge on any atom is -0.497 e. The van der Waals surface area contributed by atoms with Crippen molar-refractivity contribution in [2.24, 2.45) is 0 Å². The van der Waals surface area contributed by atoms with Crippen molar-refractivity contribution in [1.29, 1.82) is 0 Å². The number of methoxy groups -OCH3 is 3. The van der Waals surface area contributed by atoms with Gasteiger partial charge >= 0.3 is 0 Å². The molecule has 0 aliphatic heterocycles. The maximum absolute atomic E-state index is 12.1. The second-order valence-corrected chi connectivity index (χ2v) is 4.59. The maximum Gasteiger partial charge on any atom is 0.251 e. The third kappa shape index (κ3) is 3.69. The van der Waals surface area contributed by atoms with Crippen molar-refractivity contribution in [3.05, 3.63) is 53.6 Å². The molecule has 0 spiro atoms. The van der Waals surface area contributed by atoms with Crippen molar-refractivity contribution in [3.8, 4) is 17.2 Å². The molecule has 2 aromatic rings. The van der Waals surface area contributed by atoms with Gasteiger partial charge in [0.25, 0.3) is 5.91 Å². The average Bonchev–Trinajstić information content (AvgIpc) is 2.59. The lowest BCUT2D eigenvalue weighted by Crippen LogP contribution is -2.23. The van der Waals surface area contributed by atoms with E-state index < -0.39 is 0 Å². The number of amides is 1. The van der Waals surface area contributed by atoms with E-state index in [-0.39, 0.29) is 5.91 Å². The van der Waals surface area contributed by atoms with Crippen molar-refractivity contribution < 1.29 is 19.0 Å². The van der Waals surface area contributed by atoms with Crippen molar-refractivity contribution in [2.75, 3.05) is 21.3 Å². The highest BCUT2D eigenvalue weighted by Crippen LogP contribution is 2.23. The van der Waals surface area contributed by atoms with Crippen LogP contribution in [0.2, 0.25) is 0 Å². The molecule has 22 heavy (non-hydrogen) atoms. The number of hydrogen-bond acceptors (Lipinski definition) is 4. The van der Waals surface area contributed by atoms with Crippen LogP contribution in [0.25, 0.3) is 0 Å². The van der Waals surface area contributed by atoms with E-state index in [0.29, 0.717) is 23.6 Å². The molecule has 0 fully saturated rings. The van der Waals surface area contributed by atoms with E-state index in [2.05, 4.69) is 5.32 Å². The molecule has 5 heteroatoms. The molecule has 2 rings (SSSR count). The monoisotopic (exact) mass is 301 g/mol. The van der Waals surface area contributed by atoms with Gasteiger partial charge in [-0.1, -0.05) is 0 Å². The zero-order valence-corrected chi connectivity index (χ0v) is 12.9. The van der Waals surface area contributed by atoms with E-state index in [1.807, 2.05) is 18.2 Å². The molecule has 0 unspecified atom stereocenters. The van der Waals surface area contributed by atoms with Crippen LogP contribution in [0.3, 0.4) is 0 Å². The SMILES string of the molecule is COc1ccc(C(=O)NCc2cc(OC)ccc2OC)cc1. The van der Waals surface area contributed by atoms with E-state index in [1.165, 1.54) is 0 Å². The Morgan fingerprint density at radius 3 is 2.14 bits per heavy atom. The zero-order chi connectivity index (χ0) is 15.9. The largest absolute Gasteiger partial charge is 0.497 e. The lowest BCUT2D eigenvalue weighted by molar-refractivity contribution is 0.0950. The Bertz CT molecular complexity index is 638. The normalized spacial score (nSPS) is 9.95. The molecular weight excluding hydrogens is 282 g/mol. The van der Waals surface area contributed by atoms with Gasteiger partial charge < -0.3 is 19.5 Å². The molecule has 0 aromatic heterocycles. The molecule has 0 bridgehead atoms. The van der Waals surface area contributed by atoms with Crippen LogP contribution in [0, 0.1) is 0 Å². The first kappa shape index (κ1) is 15.7. The predicted molar refractivity (Wildman–Crippen MR) is 83.7 cm³/mol. The van der Waals surface area contributed by atoms with Crippen LogP contribution in [0.15, 0.2) is 42.5 Å². The molecule has 5 nitrogen and oxygen atoms in total. The van der Waals surface area contributed by atoms with E-state index in [1.54, 1.807) is 45.6 Å². The Labute approximate surface area is 129 Å². The third-order valence-electron chi connectivity index (χ3n) is 3.28. The van der Waals surface area contributed by atoms with Crippen LogP contribution in [-0.2, 0) is 6.54 Å². The van der Waals surface area contributed by atoms with Crippen LogP contribution < -0.4 is 19.5 Å². The summed E-state index contributed by atoms with van der Waals surface area (Å²) in [6, 6.07) is 12.4. The first-order valence-corrected chi connectivity index (χ1v) is 6.81.